The monoisotopic (exact) mass is 439 g/mol. The highest BCUT2D eigenvalue weighted by atomic mass is 32.1. The Hall–Kier alpha value is -2.78. The van der Waals surface area contributed by atoms with Crippen molar-refractivity contribution in [1.29, 1.82) is 0 Å². The number of aromatic nitrogens is 1. The summed E-state index contributed by atoms with van der Waals surface area (Å²) >= 11 is 1.65. The van der Waals surface area contributed by atoms with Gasteiger partial charge in [-0.25, -0.2) is 4.98 Å². The van der Waals surface area contributed by atoms with Gasteiger partial charge in [0.2, 0.25) is 11.8 Å². The first-order valence-corrected chi connectivity index (χ1v) is 11.6. The molecule has 8 nitrogen and oxygen atoms in total. The Morgan fingerprint density at radius 3 is 2.74 bits per heavy atom. The van der Waals surface area contributed by atoms with Gasteiger partial charge in [-0.05, 0) is 49.5 Å². The molecule has 162 valence electrons. The molecule has 1 unspecified atom stereocenters. The van der Waals surface area contributed by atoms with E-state index >= 15 is 0 Å². The van der Waals surface area contributed by atoms with E-state index in [0.717, 1.165) is 48.7 Å². The Kier molecular flexibility index (Phi) is 5.45. The maximum absolute atomic E-state index is 12.9. The number of nitrogens with zero attached hydrogens (tertiary/aromatic N) is 3. The molecule has 1 atom stereocenters. The number of piperidine rings is 2. The number of amides is 3. The van der Waals surface area contributed by atoms with Crippen molar-refractivity contribution in [2.75, 3.05) is 18.0 Å². The minimum atomic E-state index is -0.581. The molecule has 0 aliphatic carbocycles. The molecule has 4 heterocycles. The third-order valence-corrected chi connectivity index (χ3v) is 7.16. The largest absolute Gasteiger partial charge is 0.341 e. The van der Waals surface area contributed by atoms with Crippen molar-refractivity contribution in [3.63, 3.8) is 0 Å². The predicted molar refractivity (Wildman–Crippen MR) is 117 cm³/mol. The Morgan fingerprint density at radius 1 is 1.16 bits per heavy atom. The van der Waals surface area contributed by atoms with E-state index in [2.05, 4.69) is 26.6 Å². The lowest BCUT2D eigenvalue weighted by atomic mass is 10.0. The average molecular weight is 440 g/mol. The first kappa shape index (κ1) is 20.1. The van der Waals surface area contributed by atoms with E-state index in [0.29, 0.717) is 24.6 Å². The van der Waals surface area contributed by atoms with Crippen molar-refractivity contribution in [3.8, 4) is 0 Å². The van der Waals surface area contributed by atoms with Crippen LogP contribution in [-0.4, -0.2) is 52.8 Å². The number of anilines is 1. The van der Waals surface area contributed by atoms with Crippen LogP contribution in [0.3, 0.4) is 0 Å². The van der Waals surface area contributed by atoms with Crippen LogP contribution in [0, 0.1) is 0 Å². The highest BCUT2D eigenvalue weighted by molar-refractivity contribution is 7.13. The van der Waals surface area contributed by atoms with Crippen LogP contribution < -0.4 is 15.5 Å². The van der Waals surface area contributed by atoms with Gasteiger partial charge in [-0.3, -0.25) is 19.7 Å². The number of carbonyl (C=O) groups is 3. The molecule has 31 heavy (non-hydrogen) atoms. The van der Waals surface area contributed by atoms with Crippen LogP contribution in [0.4, 0.5) is 5.13 Å². The molecule has 3 aliphatic heterocycles. The third kappa shape index (κ3) is 3.95. The molecule has 2 N–H and O–H groups in total. The molecule has 3 amide bonds. The van der Waals surface area contributed by atoms with Gasteiger partial charge in [0.05, 0.1) is 0 Å². The summed E-state index contributed by atoms with van der Waals surface area (Å²) in [5.41, 5.74) is 2.72. The maximum atomic E-state index is 12.9. The van der Waals surface area contributed by atoms with Gasteiger partial charge >= 0.3 is 0 Å². The molecule has 0 spiro atoms. The summed E-state index contributed by atoms with van der Waals surface area (Å²) in [5.74, 6) is -0.780. The van der Waals surface area contributed by atoms with Crippen LogP contribution in [-0.2, 0) is 22.7 Å². The number of rotatable bonds is 5. The molecule has 0 saturated carbocycles. The zero-order valence-electron chi connectivity index (χ0n) is 17.2. The van der Waals surface area contributed by atoms with E-state index in [4.69, 9.17) is 0 Å². The SMILES string of the molecule is O=C1CCC(N2Cc3cc(CN(c4nccs4)C4CCNCC4)ccc3C2=O)C(=O)N1. The smallest absolute Gasteiger partial charge is 0.255 e. The van der Waals surface area contributed by atoms with Crippen LogP contribution in [0.1, 0.15) is 47.2 Å². The molecule has 1 aromatic carbocycles. The number of fused-ring (bicyclic) bond motifs is 1. The number of hydrogen-bond acceptors (Lipinski definition) is 7. The standard InChI is InChI=1S/C22H25N5O3S/c28-19-4-3-18(20(29)25-19)27-13-15-11-14(1-2-17(15)21(27)30)12-26(22-24-9-10-31-22)16-5-7-23-8-6-16/h1-2,9-11,16,18,23H,3-8,12-13H2,(H,25,28,29). The van der Waals surface area contributed by atoms with Gasteiger partial charge in [0.25, 0.3) is 5.91 Å². The van der Waals surface area contributed by atoms with Crippen molar-refractivity contribution in [2.45, 2.75) is 50.9 Å². The zero-order chi connectivity index (χ0) is 21.4. The van der Waals surface area contributed by atoms with Gasteiger partial charge in [-0.2, -0.15) is 0 Å². The Morgan fingerprint density at radius 2 is 2.00 bits per heavy atom. The van der Waals surface area contributed by atoms with E-state index in [9.17, 15) is 14.4 Å². The topological polar surface area (TPSA) is 94.6 Å². The molecule has 2 fully saturated rings. The molecule has 3 aliphatic rings. The second-order valence-electron chi connectivity index (χ2n) is 8.32. The van der Waals surface area contributed by atoms with Gasteiger partial charge in [-0.15, -0.1) is 11.3 Å². The molecule has 5 rings (SSSR count). The summed E-state index contributed by atoms with van der Waals surface area (Å²) in [5, 5.41) is 8.80. The molecule has 2 aromatic rings. The number of imide groups is 1. The predicted octanol–water partition coefficient (Wildman–Crippen LogP) is 1.66. The summed E-state index contributed by atoms with van der Waals surface area (Å²) in [4.78, 5) is 45.2. The quantitative estimate of drug-likeness (QED) is 0.689. The minimum absolute atomic E-state index is 0.133. The van der Waals surface area contributed by atoms with E-state index in [1.54, 1.807) is 16.2 Å². The molecular formula is C22H25N5O3S. The highest BCUT2D eigenvalue weighted by Gasteiger charge is 2.39. The number of benzene rings is 1. The fraction of sp³-hybridized carbons (Fsp3) is 0.455. The lowest BCUT2D eigenvalue weighted by Gasteiger charge is -2.34. The average Bonchev–Trinajstić information content (AvgIpc) is 3.41. The zero-order valence-corrected chi connectivity index (χ0v) is 18.0. The van der Waals surface area contributed by atoms with Gasteiger partial charge < -0.3 is 15.1 Å². The van der Waals surface area contributed by atoms with Crippen LogP contribution in [0.5, 0.6) is 0 Å². The van der Waals surface area contributed by atoms with Gasteiger partial charge in [-0.1, -0.05) is 12.1 Å². The second-order valence-corrected chi connectivity index (χ2v) is 9.19. The van der Waals surface area contributed by atoms with Crippen molar-refractivity contribution < 1.29 is 14.4 Å². The lowest BCUT2D eigenvalue weighted by Crippen LogP contribution is -2.52. The summed E-state index contributed by atoms with van der Waals surface area (Å²) < 4.78 is 0. The van der Waals surface area contributed by atoms with Crippen molar-refractivity contribution in [1.82, 2.24) is 20.5 Å². The van der Waals surface area contributed by atoms with Gasteiger partial charge in [0, 0.05) is 42.7 Å². The van der Waals surface area contributed by atoms with Crippen LogP contribution in [0.15, 0.2) is 29.8 Å². The van der Waals surface area contributed by atoms with Crippen molar-refractivity contribution in [2.24, 2.45) is 0 Å². The molecule has 0 radical (unpaired) electrons. The first-order chi connectivity index (χ1) is 15.1. The van der Waals surface area contributed by atoms with Crippen molar-refractivity contribution in [3.05, 3.63) is 46.5 Å². The summed E-state index contributed by atoms with van der Waals surface area (Å²) in [6, 6.07) is 5.82. The first-order valence-electron chi connectivity index (χ1n) is 10.7. The molecule has 9 heteroatoms. The summed E-state index contributed by atoms with van der Waals surface area (Å²) in [6.07, 6.45) is 4.64. The van der Waals surface area contributed by atoms with Gasteiger partial charge in [0.15, 0.2) is 5.13 Å². The Balaban J connectivity index is 1.36. The van der Waals surface area contributed by atoms with Crippen LogP contribution in [0.2, 0.25) is 0 Å². The normalized spacial score (nSPS) is 21.9. The Bertz CT molecular complexity index is 1000. The number of thiazole rings is 1. The summed E-state index contributed by atoms with van der Waals surface area (Å²) in [6.45, 7) is 3.15. The maximum Gasteiger partial charge on any atom is 0.255 e. The summed E-state index contributed by atoms with van der Waals surface area (Å²) in [7, 11) is 0. The molecule has 2 saturated heterocycles. The van der Waals surface area contributed by atoms with E-state index in [1.807, 2.05) is 23.7 Å². The third-order valence-electron chi connectivity index (χ3n) is 6.36. The number of nitrogens with one attached hydrogen (secondary N) is 2. The fourth-order valence-corrected chi connectivity index (χ4v) is 5.47. The lowest BCUT2D eigenvalue weighted by molar-refractivity contribution is -0.136. The van der Waals surface area contributed by atoms with Crippen molar-refractivity contribution >= 4 is 34.2 Å². The van der Waals surface area contributed by atoms with Crippen LogP contribution >= 0.6 is 11.3 Å². The van der Waals surface area contributed by atoms with E-state index < -0.39 is 6.04 Å². The fourth-order valence-electron chi connectivity index (χ4n) is 4.75. The molecule has 0 bridgehead atoms. The van der Waals surface area contributed by atoms with E-state index in [-0.39, 0.29) is 24.1 Å². The number of hydrogen-bond donors (Lipinski definition) is 2. The van der Waals surface area contributed by atoms with Crippen LogP contribution in [0.25, 0.3) is 0 Å². The van der Waals surface area contributed by atoms with E-state index in [1.165, 1.54) is 0 Å². The minimum Gasteiger partial charge on any atom is -0.341 e. The Labute approximate surface area is 184 Å². The van der Waals surface area contributed by atoms with Gasteiger partial charge in [0.1, 0.15) is 6.04 Å². The second kappa shape index (κ2) is 8.39. The number of carbonyl (C=O) groups excluding carboxylic acids is 3. The molecule has 1 aromatic heterocycles. The molecular weight excluding hydrogens is 414 g/mol. The highest BCUT2D eigenvalue weighted by Crippen LogP contribution is 2.30.